The molecule has 104 valence electrons. The van der Waals surface area contributed by atoms with Crippen molar-refractivity contribution >= 4 is 10.0 Å². The molecule has 0 saturated carbocycles. The first kappa shape index (κ1) is 16.8. The average Bonchev–Trinajstić information content (AvgIpc) is 2.14. The highest BCUT2D eigenvalue weighted by Crippen LogP contribution is 2.05. The number of hydrogen-bond acceptors (Lipinski definition) is 4. The maximum absolute atomic E-state index is 11.7. The lowest BCUT2D eigenvalue weighted by molar-refractivity contribution is 0.0911. The fourth-order valence-corrected chi connectivity index (χ4v) is 2.60. The molecular formula is C11H26N2O3S. The maximum Gasteiger partial charge on any atom is 0.214 e. The van der Waals surface area contributed by atoms with Gasteiger partial charge < -0.3 is 10.5 Å². The molecule has 6 heteroatoms. The van der Waals surface area contributed by atoms with Crippen molar-refractivity contribution in [3.63, 3.8) is 0 Å². The molecule has 0 saturated heterocycles. The lowest BCUT2D eigenvalue weighted by atomic mass is 10.1. The topological polar surface area (TPSA) is 81.4 Å². The Hall–Kier alpha value is -0.170. The van der Waals surface area contributed by atoms with Crippen LogP contribution in [-0.2, 0) is 14.8 Å². The second-order valence-electron chi connectivity index (χ2n) is 4.92. The zero-order valence-corrected chi connectivity index (χ0v) is 12.1. The van der Waals surface area contributed by atoms with Crippen LogP contribution in [0, 0.1) is 5.92 Å². The van der Waals surface area contributed by atoms with Gasteiger partial charge in [0, 0.05) is 12.6 Å². The van der Waals surface area contributed by atoms with Gasteiger partial charge in [-0.3, -0.25) is 0 Å². The summed E-state index contributed by atoms with van der Waals surface area (Å²) in [6, 6.07) is -0.181. The minimum Gasteiger partial charge on any atom is -0.378 e. The van der Waals surface area contributed by atoms with Gasteiger partial charge in [-0.15, -0.1) is 0 Å². The van der Waals surface area contributed by atoms with Crippen LogP contribution in [0.4, 0.5) is 0 Å². The number of nitrogens with one attached hydrogen (secondary N) is 1. The number of rotatable bonds is 9. The largest absolute Gasteiger partial charge is 0.378 e. The SMILES string of the molecule is CC(C)CC(CN)NS(=O)(=O)CCOC(C)C. The molecule has 0 aromatic heterocycles. The van der Waals surface area contributed by atoms with E-state index in [1.807, 2.05) is 27.7 Å². The average molecular weight is 266 g/mol. The molecule has 0 bridgehead atoms. The van der Waals surface area contributed by atoms with Gasteiger partial charge in [0.25, 0.3) is 0 Å². The molecule has 0 amide bonds. The quantitative estimate of drug-likeness (QED) is 0.644. The van der Waals surface area contributed by atoms with Crippen molar-refractivity contribution in [2.75, 3.05) is 18.9 Å². The predicted octanol–water partition coefficient (Wildman–Crippen LogP) is 0.704. The van der Waals surface area contributed by atoms with E-state index in [0.29, 0.717) is 12.5 Å². The van der Waals surface area contributed by atoms with Crippen molar-refractivity contribution in [3.8, 4) is 0 Å². The zero-order chi connectivity index (χ0) is 13.5. The molecule has 0 spiro atoms. The van der Waals surface area contributed by atoms with E-state index < -0.39 is 10.0 Å². The molecule has 1 unspecified atom stereocenters. The Balaban J connectivity index is 4.13. The maximum atomic E-state index is 11.7. The van der Waals surface area contributed by atoms with Gasteiger partial charge in [-0.25, -0.2) is 13.1 Å². The standard InChI is InChI=1S/C11H26N2O3S/c1-9(2)7-11(8-12)13-17(14,15)6-5-16-10(3)4/h9-11,13H,5-8,12H2,1-4H3. The van der Waals surface area contributed by atoms with Gasteiger partial charge in [-0.05, 0) is 26.2 Å². The predicted molar refractivity (Wildman–Crippen MR) is 70.3 cm³/mol. The van der Waals surface area contributed by atoms with E-state index in [2.05, 4.69) is 4.72 Å². The summed E-state index contributed by atoms with van der Waals surface area (Å²) in [5.41, 5.74) is 5.55. The summed E-state index contributed by atoms with van der Waals surface area (Å²) in [6.45, 7) is 8.37. The summed E-state index contributed by atoms with van der Waals surface area (Å²) in [4.78, 5) is 0. The Labute approximate surface area is 105 Å². The highest BCUT2D eigenvalue weighted by atomic mass is 32.2. The third-order valence-corrected chi connectivity index (χ3v) is 3.59. The lowest BCUT2D eigenvalue weighted by Gasteiger charge is -2.19. The number of nitrogens with two attached hydrogens (primary N) is 1. The van der Waals surface area contributed by atoms with Crippen LogP contribution in [0.15, 0.2) is 0 Å². The van der Waals surface area contributed by atoms with Crippen LogP contribution >= 0.6 is 0 Å². The number of sulfonamides is 1. The third-order valence-electron chi connectivity index (χ3n) is 2.19. The molecule has 0 heterocycles. The number of ether oxygens (including phenoxy) is 1. The molecule has 0 radical (unpaired) electrons. The molecule has 0 aliphatic heterocycles. The van der Waals surface area contributed by atoms with E-state index in [9.17, 15) is 8.42 Å². The van der Waals surface area contributed by atoms with Gasteiger partial charge in [-0.1, -0.05) is 13.8 Å². The van der Waals surface area contributed by atoms with Crippen LogP contribution in [0.3, 0.4) is 0 Å². The zero-order valence-electron chi connectivity index (χ0n) is 11.3. The molecule has 3 N–H and O–H groups in total. The summed E-state index contributed by atoms with van der Waals surface area (Å²) in [5.74, 6) is 0.401. The van der Waals surface area contributed by atoms with Crippen molar-refractivity contribution in [2.45, 2.75) is 46.3 Å². The first-order valence-electron chi connectivity index (χ1n) is 6.08. The molecular weight excluding hydrogens is 240 g/mol. The van der Waals surface area contributed by atoms with Crippen molar-refractivity contribution in [1.29, 1.82) is 0 Å². The number of hydrogen-bond donors (Lipinski definition) is 2. The van der Waals surface area contributed by atoms with Crippen molar-refractivity contribution in [3.05, 3.63) is 0 Å². The molecule has 1 atom stereocenters. The van der Waals surface area contributed by atoms with E-state index in [4.69, 9.17) is 10.5 Å². The molecule has 0 aromatic carbocycles. The van der Waals surface area contributed by atoms with Crippen molar-refractivity contribution < 1.29 is 13.2 Å². The first-order valence-corrected chi connectivity index (χ1v) is 7.73. The minimum absolute atomic E-state index is 0.0141. The van der Waals surface area contributed by atoms with Gasteiger partial charge >= 0.3 is 0 Å². The van der Waals surface area contributed by atoms with Gasteiger partial charge in [-0.2, -0.15) is 0 Å². The van der Waals surface area contributed by atoms with Gasteiger partial charge in [0.1, 0.15) is 0 Å². The molecule has 0 fully saturated rings. The van der Waals surface area contributed by atoms with Gasteiger partial charge in [0.2, 0.25) is 10.0 Å². The van der Waals surface area contributed by atoms with Crippen LogP contribution in [0.2, 0.25) is 0 Å². The van der Waals surface area contributed by atoms with Gasteiger partial charge in [0.15, 0.2) is 0 Å². The first-order chi connectivity index (χ1) is 7.76. The summed E-state index contributed by atoms with van der Waals surface area (Å²) >= 11 is 0. The van der Waals surface area contributed by atoms with Gasteiger partial charge in [0.05, 0.1) is 18.5 Å². The smallest absolute Gasteiger partial charge is 0.214 e. The lowest BCUT2D eigenvalue weighted by Crippen LogP contribution is -2.42. The van der Waals surface area contributed by atoms with Crippen molar-refractivity contribution in [1.82, 2.24) is 4.72 Å². The Morgan fingerprint density at radius 3 is 2.24 bits per heavy atom. The van der Waals surface area contributed by atoms with E-state index in [1.54, 1.807) is 0 Å². The fraction of sp³-hybridized carbons (Fsp3) is 1.00. The van der Waals surface area contributed by atoms with E-state index in [-0.39, 0.29) is 24.5 Å². The summed E-state index contributed by atoms with van der Waals surface area (Å²) in [7, 11) is -3.29. The van der Waals surface area contributed by atoms with Crippen molar-refractivity contribution in [2.24, 2.45) is 11.7 Å². The van der Waals surface area contributed by atoms with E-state index in [0.717, 1.165) is 6.42 Å². The minimum atomic E-state index is -3.29. The fourth-order valence-electron chi connectivity index (χ4n) is 1.47. The molecule has 17 heavy (non-hydrogen) atoms. The van der Waals surface area contributed by atoms with Crippen LogP contribution in [0.5, 0.6) is 0 Å². The highest BCUT2D eigenvalue weighted by molar-refractivity contribution is 7.89. The van der Waals surface area contributed by atoms with Crippen LogP contribution in [0.25, 0.3) is 0 Å². The summed E-state index contributed by atoms with van der Waals surface area (Å²) in [5, 5.41) is 0. The summed E-state index contributed by atoms with van der Waals surface area (Å²) < 4.78 is 31.3. The van der Waals surface area contributed by atoms with E-state index in [1.165, 1.54) is 0 Å². The Morgan fingerprint density at radius 1 is 1.24 bits per heavy atom. The molecule has 0 aliphatic rings. The molecule has 0 rings (SSSR count). The Kier molecular flexibility index (Phi) is 7.94. The molecule has 5 nitrogen and oxygen atoms in total. The van der Waals surface area contributed by atoms with Crippen LogP contribution < -0.4 is 10.5 Å². The molecule has 0 aromatic rings. The Morgan fingerprint density at radius 2 is 1.82 bits per heavy atom. The Bertz CT molecular complexity index is 289. The second-order valence-corrected chi connectivity index (χ2v) is 6.79. The van der Waals surface area contributed by atoms with Crippen LogP contribution in [0.1, 0.15) is 34.1 Å². The normalized spacial score (nSPS) is 14.5. The van der Waals surface area contributed by atoms with E-state index >= 15 is 0 Å². The third kappa shape index (κ3) is 9.52. The highest BCUT2D eigenvalue weighted by Gasteiger charge is 2.17. The molecule has 0 aliphatic carbocycles. The second kappa shape index (κ2) is 8.02. The monoisotopic (exact) mass is 266 g/mol. The van der Waals surface area contributed by atoms with Crippen LogP contribution in [-0.4, -0.2) is 39.5 Å². The summed E-state index contributed by atoms with van der Waals surface area (Å²) in [6.07, 6.45) is 0.798.